The minimum atomic E-state index is -3.48. The Balaban J connectivity index is 2.98. The van der Waals surface area contributed by atoms with Crippen LogP contribution in [0.4, 0.5) is 5.69 Å². The fraction of sp³-hybridized carbons (Fsp3) is 0.273. The summed E-state index contributed by atoms with van der Waals surface area (Å²) in [7, 11) is -2.13. The zero-order valence-corrected chi connectivity index (χ0v) is 10.6. The van der Waals surface area contributed by atoms with Gasteiger partial charge in [0.1, 0.15) is 0 Å². The zero-order chi connectivity index (χ0) is 12.9. The fourth-order valence-electron chi connectivity index (χ4n) is 1.20. The van der Waals surface area contributed by atoms with Crippen molar-refractivity contribution < 1.29 is 8.42 Å². The number of aryl methyl sites for hydroxylation is 1. The average Bonchev–Trinajstić information content (AvgIpc) is 2.29. The van der Waals surface area contributed by atoms with E-state index in [4.69, 9.17) is 5.73 Å². The molecule has 92 valence electrons. The van der Waals surface area contributed by atoms with Crippen molar-refractivity contribution in [3.8, 4) is 11.8 Å². The van der Waals surface area contributed by atoms with Crippen LogP contribution in [0.2, 0.25) is 0 Å². The van der Waals surface area contributed by atoms with E-state index < -0.39 is 10.2 Å². The van der Waals surface area contributed by atoms with Crippen LogP contribution < -0.4 is 15.2 Å². The molecule has 0 bridgehead atoms. The van der Waals surface area contributed by atoms with Crippen LogP contribution in [0.25, 0.3) is 0 Å². The smallest absolute Gasteiger partial charge is 0.298 e. The second-order valence-corrected chi connectivity index (χ2v) is 4.96. The van der Waals surface area contributed by atoms with Gasteiger partial charge in [-0.3, -0.25) is 4.72 Å². The minimum Gasteiger partial charge on any atom is -0.320 e. The maximum atomic E-state index is 11.3. The Labute approximate surface area is 102 Å². The van der Waals surface area contributed by atoms with E-state index in [-0.39, 0.29) is 0 Å². The lowest BCUT2D eigenvalue weighted by Crippen LogP contribution is -2.26. The first-order valence-electron chi connectivity index (χ1n) is 4.99. The molecule has 1 aromatic carbocycles. The molecule has 0 heterocycles. The van der Waals surface area contributed by atoms with E-state index in [0.29, 0.717) is 12.2 Å². The van der Waals surface area contributed by atoms with Crippen LogP contribution in [0, 0.1) is 18.8 Å². The van der Waals surface area contributed by atoms with E-state index in [2.05, 4.69) is 21.3 Å². The van der Waals surface area contributed by atoms with Crippen molar-refractivity contribution in [3.05, 3.63) is 29.3 Å². The molecule has 6 heteroatoms. The van der Waals surface area contributed by atoms with Crippen LogP contribution in [-0.2, 0) is 10.2 Å². The number of hydrogen-bond acceptors (Lipinski definition) is 3. The van der Waals surface area contributed by atoms with Crippen LogP contribution >= 0.6 is 0 Å². The molecule has 0 spiro atoms. The number of hydrogen-bond donors (Lipinski definition) is 3. The van der Waals surface area contributed by atoms with Crippen molar-refractivity contribution in [3.63, 3.8) is 0 Å². The monoisotopic (exact) mass is 253 g/mol. The average molecular weight is 253 g/mol. The lowest BCUT2D eigenvalue weighted by Gasteiger charge is -2.09. The van der Waals surface area contributed by atoms with Crippen LogP contribution in [0.3, 0.4) is 0 Å². The van der Waals surface area contributed by atoms with E-state index in [9.17, 15) is 8.42 Å². The molecule has 17 heavy (non-hydrogen) atoms. The summed E-state index contributed by atoms with van der Waals surface area (Å²) in [5.41, 5.74) is 7.40. The van der Waals surface area contributed by atoms with Crippen molar-refractivity contribution in [2.24, 2.45) is 5.73 Å². The lowest BCUT2D eigenvalue weighted by atomic mass is 10.1. The molecule has 0 aliphatic rings. The predicted octanol–water partition coefficient (Wildman–Crippen LogP) is 0.181. The Kier molecular flexibility index (Phi) is 4.52. The molecule has 0 fully saturated rings. The van der Waals surface area contributed by atoms with Crippen molar-refractivity contribution >= 4 is 15.9 Å². The highest BCUT2D eigenvalue weighted by molar-refractivity contribution is 7.90. The fourth-order valence-corrected chi connectivity index (χ4v) is 1.83. The number of anilines is 1. The lowest BCUT2D eigenvalue weighted by molar-refractivity contribution is 0.593. The van der Waals surface area contributed by atoms with Gasteiger partial charge < -0.3 is 5.73 Å². The summed E-state index contributed by atoms with van der Waals surface area (Å²) in [6, 6.07) is 5.21. The van der Waals surface area contributed by atoms with Crippen LogP contribution in [-0.4, -0.2) is 22.0 Å². The molecule has 0 aliphatic carbocycles. The largest absolute Gasteiger partial charge is 0.320 e. The van der Waals surface area contributed by atoms with Gasteiger partial charge in [0.2, 0.25) is 0 Å². The van der Waals surface area contributed by atoms with E-state index >= 15 is 0 Å². The van der Waals surface area contributed by atoms with Gasteiger partial charge >= 0.3 is 0 Å². The third kappa shape index (κ3) is 4.07. The number of benzene rings is 1. The van der Waals surface area contributed by atoms with Gasteiger partial charge in [0.05, 0.1) is 12.2 Å². The summed E-state index contributed by atoms with van der Waals surface area (Å²) < 4.78 is 27.2. The number of nitrogens with one attached hydrogen (secondary N) is 2. The van der Waals surface area contributed by atoms with Crippen LogP contribution in [0.15, 0.2) is 18.2 Å². The molecule has 0 saturated carbocycles. The predicted molar refractivity (Wildman–Crippen MR) is 68.7 cm³/mol. The highest BCUT2D eigenvalue weighted by atomic mass is 32.2. The molecule has 0 saturated heterocycles. The molecule has 0 unspecified atom stereocenters. The van der Waals surface area contributed by atoms with Gasteiger partial charge in [0.15, 0.2) is 0 Å². The first-order valence-corrected chi connectivity index (χ1v) is 6.47. The Morgan fingerprint density at radius 3 is 2.65 bits per heavy atom. The summed E-state index contributed by atoms with van der Waals surface area (Å²) in [5, 5.41) is 0. The molecule has 0 aromatic heterocycles. The highest BCUT2D eigenvalue weighted by Crippen LogP contribution is 2.16. The molecule has 0 radical (unpaired) electrons. The first-order chi connectivity index (χ1) is 7.98. The van der Waals surface area contributed by atoms with Crippen molar-refractivity contribution in [2.75, 3.05) is 18.3 Å². The minimum absolute atomic E-state index is 0.299. The second kappa shape index (κ2) is 5.68. The molecule has 1 aromatic rings. The van der Waals surface area contributed by atoms with Crippen molar-refractivity contribution in [1.82, 2.24) is 4.72 Å². The first kappa shape index (κ1) is 13.5. The van der Waals surface area contributed by atoms with Gasteiger partial charge in [-0.05, 0) is 30.7 Å². The van der Waals surface area contributed by atoms with E-state index in [1.54, 1.807) is 25.1 Å². The van der Waals surface area contributed by atoms with Gasteiger partial charge in [0, 0.05) is 12.6 Å². The quantitative estimate of drug-likeness (QED) is 0.672. The second-order valence-electron chi connectivity index (χ2n) is 3.35. The number of rotatable bonds is 3. The third-order valence-corrected chi connectivity index (χ3v) is 3.10. The summed E-state index contributed by atoms with van der Waals surface area (Å²) in [4.78, 5) is 0. The summed E-state index contributed by atoms with van der Waals surface area (Å²) >= 11 is 0. The maximum absolute atomic E-state index is 11.3. The highest BCUT2D eigenvalue weighted by Gasteiger charge is 2.07. The standard InChI is InChI=1S/C11H15N3O2S/c1-9-8-10(4-3-7-12)5-6-11(9)14-17(15,16)13-2/h5-6,8,13-14H,7,12H2,1-2H3. The Morgan fingerprint density at radius 1 is 1.41 bits per heavy atom. The zero-order valence-electron chi connectivity index (χ0n) is 9.74. The summed E-state index contributed by atoms with van der Waals surface area (Å²) in [6.45, 7) is 2.11. The molecule has 0 amide bonds. The van der Waals surface area contributed by atoms with Gasteiger partial charge in [-0.15, -0.1) is 0 Å². The molecule has 4 N–H and O–H groups in total. The molecular formula is C11H15N3O2S. The summed E-state index contributed by atoms with van der Waals surface area (Å²) in [5.74, 6) is 5.62. The topological polar surface area (TPSA) is 84.2 Å². The molecular weight excluding hydrogens is 238 g/mol. The molecule has 0 atom stereocenters. The SMILES string of the molecule is CNS(=O)(=O)Nc1ccc(C#CCN)cc1C. The van der Waals surface area contributed by atoms with Gasteiger partial charge in [-0.25, -0.2) is 4.72 Å². The van der Waals surface area contributed by atoms with Gasteiger partial charge in [0.25, 0.3) is 10.2 Å². The van der Waals surface area contributed by atoms with E-state index in [1.165, 1.54) is 7.05 Å². The third-order valence-electron chi connectivity index (χ3n) is 2.07. The van der Waals surface area contributed by atoms with Gasteiger partial charge in [-0.2, -0.15) is 8.42 Å². The molecule has 0 aliphatic heterocycles. The Bertz CT molecular complexity index is 556. The molecule has 1 rings (SSSR count). The van der Waals surface area contributed by atoms with Crippen molar-refractivity contribution in [1.29, 1.82) is 0 Å². The van der Waals surface area contributed by atoms with E-state index in [0.717, 1.165) is 11.1 Å². The maximum Gasteiger partial charge on any atom is 0.298 e. The van der Waals surface area contributed by atoms with E-state index in [1.807, 2.05) is 0 Å². The van der Waals surface area contributed by atoms with Crippen LogP contribution in [0.1, 0.15) is 11.1 Å². The summed E-state index contributed by atoms with van der Waals surface area (Å²) in [6.07, 6.45) is 0. The Morgan fingerprint density at radius 2 is 2.12 bits per heavy atom. The Hall–Kier alpha value is -1.55. The van der Waals surface area contributed by atoms with Crippen LogP contribution in [0.5, 0.6) is 0 Å². The molecule has 5 nitrogen and oxygen atoms in total. The normalized spacial score (nSPS) is 10.5. The van der Waals surface area contributed by atoms with Crippen molar-refractivity contribution in [2.45, 2.75) is 6.92 Å². The van der Waals surface area contributed by atoms with Gasteiger partial charge in [-0.1, -0.05) is 11.8 Å². The number of nitrogens with two attached hydrogens (primary N) is 1.